The first kappa shape index (κ1) is 16.3. The van der Waals surface area contributed by atoms with Crippen molar-refractivity contribution in [1.29, 1.82) is 0 Å². The lowest BCUT2D eigenvalue weighted by atomic mass is 9.76. The van der Waals surface area contributed by atoms with Gasteiger partial charge in [0.05, 0.1) is 7.11 Å². The number of ether oxygens (including phenoxy) is 1. The van der Waals surface area contributed by atoms with Crippen LogP contribution in [-0.4, -0.2) is 60.7 Å². The molecule has 1 spiro atoms. The van der Waals surface area contributed by atoms with E-state index in [1.54, 1.807) is 7.11 Å². The van der Waals surface area contributed by atoms with Crippen molar-refractivity contribution in [2.75, 3.05) is 33.8 Å². The molecule has 0 aromatic heterocycles. The maximum absolute atomic E-state index is 11.3. The van der Waals surface area contributed by atoms with Crippen molar-refractivity contribution < 1.29 is 14.6 Å². The molecule has 5 heteroatoms. The number of hydrogen-bond acceptors (Lipinski definition) is 4. The Morgan fingerprint density at radius 3 is 2.74 bits per heavy atom. The first-order valence-electron chi connectivity index (χ1n) is 8.30. The largest absolute Gasteiger partial charge is 0.497 e. The molecule has 0 unspecified atom stereocenters. The van der Waals surface area contributed by atoms with Gasteiger partial charge in [0.25, 0.3) is 0 Å². The molecular formula is C18H26N2O3. The van der Waals surface area contributed by atoms with Crippen molar-refractivity contribution in [3.05, 3.63) is 29.8 Å². The van der Waals surface area contributed by atoms with Crippen LogP contribution < -0.4 is 4.74 Å². The van der Waals surface area contributed by atoms with Gasteiger partial charge in [0.1, 0.15) is 11.8 Å². The highest BCUT2D eigenvalue weighted by atomic mass is 16.5. The molecule has 0 aliphatic carbocycles. The monoisotopic (exact) mass is 318 g/mol. The van der Waals surface area contributed by atoms with Crippen LogP contribution in [0.4, 0.5) is 0 Å². The maximum Gasteiger partial charge on any atom is 0.320 e. The van der Waals surface area contributed by atoms with Gasteiger partial charge < -0.3 is 9.84 Å². The van der Waals surface area contributed by atoms with Crippen LogP contribution in [0.25, 0.3) is 0 Å². The summed E-state index contributed by atoms with van der Waals surface area (Å²) in [6.45, 7) is 3.93. The van der Waals surface area contributed by atoms with E-state index in [0.29, 0.717) is 0 Å². The van der Waals surface area contributed by atoms with E-state index < -0.39 is 5.97 Å². The van der Waals surface area contributed by atoms with Crippen molar-refractivity contribution >= 4 is 5.97 Å². The van der Waals surface area contributed by atoms with E-state index in [1.807, 2.05) is 24.1 Å². The van der Waals surface area contributed by atoms with Crippen LogP contribution >= 0.6 is 0 Å². The Bertz CT molecular complexity index is 567. The molecule has 2 saturated heterocycles. The molecule has 23 heavy (non-hydrogen) atoms. The van der Waals surface area contributed by atoms with Crippen molar-refractivity contribution in [3.63, 3.8) is 0 Å². The molecule has 2 aliphatic rings. The first-order chi connectivity index (χ1) is 11.0. The second kappa shape index (κ2) is 6.49. The molecule has 2 fully saturated rings. The van der Waals surface area contributed by atoms with Gasteiger partial charge in [-0.1, -0.05) is 12.1 Å². The summed E-state index contributed by atoms with van der Waals surface area (Å²) in [5, 5.41) is 9.33. The summed E-state index contributed by atoms with van der Waals surface area (Å²) in [4.78, 5) is 15.8. The molecule has 126 valence electrons. The average Bonchev–Trinajstić information content (AvgIpc) is 2.87. The Morgan fingerprint density at radius 1 is 1.39 bits per heavy atom. The number of rotatable bonds is 4. The molecule has 0 saturated carbocycles. The Hall–Kier alpha value is -1.59. The first-order valence-corrected chi connectivity index (χ1v) is 8.30. The van der Waals surface area contributed by atoms with Crippen LogP contribution in [-0.2, 0) is 11.3 Å². The number of hydrogen-bond donors (Lipinski definition) is 1. The van der Waals surface area contributed by atoms with Gasteiger partial charge in [0, 0.05) is 13.1 Å². The van der Waals surface area contributed by atoms with E-state index in [1.165, 1.54) is 5.56 Å². The molecular weight excluding hydrogens is 292 g/mol. The molecule has 5 nitrogen and oxygen atoms in total. The second-order valence-corrected chi connectivity index (χ2v) is 7.10. The SMILES string of the molecule is COc1cccc(CN2CCC3(CC2)C[C@@H](C(=O)O)N(C)C3)c1. The lowest BCUT2D eigenvalue weighted by Gasteiger charge is -2.39. The van der Waals surface area contributed by atoms with Crippen molar-refractivity contribution in [2.24, 2.45) is 5.41 Å². The minimum atomic E-state index is -0.678. The van der Waals surface area contributed by atoms with E-state index in [2.05, 4.69) is 17.0 Å². The van der Waals surface area contributed by atoms with Gasteiger partial charge in [-0.25, -0.2) is 0 Å². The third-order valence-electron chi connectivity index (χ3n) is 5.49. The van der Waals surface area contributed by atoms with Gasteiger partial charge in [-0.2, -0.15) is 0 Å². The Balaban J connectivity index is 1.57. The predicted octanol–water partition coefficient (Wildman–Crippen LogP) is 2.07. The van der Waals surface area contributed by atoms with Crippen LogP contribution in [0.2, 0.25) is 0 Å². The number of carbonyl (C=O) groups is 1. The van der Waals surface area contributed by atoms with Crippen molar-refractivity contribution in [1.82, 2.24) is 9.80 Å². The zero-order valence-corrected chi connectivity index (χ0v) is 14.0. The highest BCUT2D eigenvalue weighted by molar-refractivity contribution is 5.74. The number of piperidine rings is 1. The fourth-order valence-corrected chi connectivity index (χ4v) is 4.12. The molecule has 0 radical (unpaired) electrons. The fraction of sp³-hybridized carbons (Fsp3) is 0.611. The number of carboxylic acid groups (broad SMARTS) is 1. The van der Waals surface area contributed by atoms with Gasteiger partial charge in [0.15, 0.2) is 0 Å². The molecule has 2 heterocycles. The number of nitrogens with zero attached hydrogens (tertiary/aromatic N) is 2. The number of carboxylic acids is 1. The molecule has 0 bridgehead atoms. The summed E-state index contributed by atoms with van der Waals surface area (Å²) in [7, 11) is 3.63. The third kappa shape index (κ3) is 3.51. The van der Waals surface area contributed by atoms with Crippen molar-refractivity contribution in [2.45, 2.75) is 31.8 Å². The Kier molecular flexibility index (Phi) is 4.60. The number of likely N-dealkylation sites (N-methyl/N-ethyl adjacent to an activating group) is 1. The Labute approximate surface area is 137 Å². The summed E-state index contributed by atoms with van der Waals surface area (Å²) in [6, 6.07) is 7.92. The minimum absolute atomic E-state index is 0.197. The normalized spacial score (nSPS) is 24.9. The van der Waals surface area contributed by atoms with Gasteiger partial charge in [0.2, 0.25) is 0 Å². The third-order valence-corrected chi connectivity index (χ3v) is 5.49. The molecule has 1 atom stereocenters. The number of aliphatic carboxylic acids is 1. The molecule has 1 aromatic rings. The van der Waals surface area contributed by atoms with Crippen molar-refractivity contribution in [3.8, 4) is 5.75 Å². The van der Waals surface area contributed by atoms with Gasteiger partial charge in [-0.15, -0.1) is 0 Å². The fourth-order valence-electron chi connectivity index (χ4n) is 4.12. The van der Waals surface area contributed by atoms with Crippen LogP contribution in [0, 0.1) is 5.41 Å². The smallest absolute Gasteiger partial charge is 0.320 e. The van der Waals surface area contributed by atoms with Crippen LogP contribution in [0.3, 0.4) is 0 Å². The quantitative estimate of drug-likeness (QED) is 0.921. The average molecular weight is 318 g/mol. The zero-order chi connectivity index (χ0) is 16.4. The van der Waals surface area contributed by atoms with Gasteiger partial charge >= 0.3 is 5.97 Å². The van der Waals surface area contributed by atoms with E-state index in [-0.39, 0.29) is 11.5 Å². The predicted molar refractivity (Wildman–Crippen MR) is 88.6 cm³/mol. The van der Waals surface area contributed by atoms with Crippen LogP contribution in [0.15, 0.2) is 24.3 Å². The lowest BCUT2D eigenvalue weighted by molar-refractivity contribution is -0.141. The molecule has 2 aliphatic heterocycles. The summed E-state index contributed by atoms with van der Waals surface area (Å²) >= 11 is 0. The summed E-state index contributed by atoms with van der Waals surface area (Å²) in [6.07, 6.45) is 2.97. The second-order valence-electron chi connectivity index (χ2n) is 7.10. The van der Waals surface area contributed by atoms with E-state index in [0.717, 1.165) is 51.2 Å². The van der Waals surface area contributed by atoms with E-state index in [9.17, 15) is 9.90 Å². The van der Waals surface area contributed by atoms with Crippen LogP contribution in [0.5, 0.6) is 5.75 Å². The van der Waals surface area contributed by atoms with E-state index >= 15 is 0 Å². The molecule has 0 amide bonds. The summed E-state index contributed by atoms with van der Waals surface area (Å²) in [5.74, 6) is 0.223. The van der Waals surface area contributed by atoms with Crippen LogP contribution in [0.1, 0.15) is 24.8 Å². The maximum atomic E-state index is 11.3. The number of likely N-dealkylation sites (tertiary alicyclic amines) is 2. The topological polar surface area (TPSA) is 53.0 Å². The minimum Gasteiger partial charge on any atom is -0.497 e. The zero-order valence-electron chi connectivity index (χ0n) is 14.0. The molecule has 1 N–H and O–H groups in total. The summed E-state index contributed by atoms with van der Waals surface area (Å²) in [5.41, 5.74) is 1.47. The highest BCUT2D eigenvalue weighted by Gasteiger charge is 2.46. The lowest BCUT2D eigenvalue weighted by Crippen LogP contribution is -2.40. The molecule has 3 rings (SSSR count). The standard InChI is InChI=1S/C18H26N2O3/c1-19-13-18(11-16(19)17(21)22)6-8-20(9-7-18)12-14-4-3-5-15(10-14)23-2/h3-5,10,16H,6-9,11-13H2,1-2H3,(H,21,22)/t16-/m0/s1. The highest BCUT2D eigenvalue weighted by Crippen LogP contribution is 2.43. The number of methoxy groups -OCH3 is 1. The number of benzene rings is 1. The van der Waals surface area contributed by atoms with Gasteiger partial charge in [-0.3, -0.25) is 14.6 Å². The molecule has 1 aromatic carbocycles. The van der Waals surface area contributed by atoms with Gasteiger partial charge in [-0.05, 0) is 62.5 Å². The summed E-state index contributed by atoms with van der Waals surface area (Å²) < 4.78 is 5.29. The van der Waals surface area contributed by atoms with E-state index in [4.69, 9.17) is 4.74 Å². The Morgan fingerprint density at radius 2 is 2.13 bits per heavy atom.